The van der Waals surface area contributed by atoms with Gasteiger partial charge in [0.15, 0.2) is 0 Å². The number of amides is 1. The maximum absolute atomic E-state index is 13.6. The molecular formula is C26H29F3N2O2. The Hall–Kier alpha value is -2.54. The number of alkyl carbamates (subject to hydrolysis) is 1. The molecule has 1 amide bonds. The highest BCUT2D eigenvalue weighted by Gasteiger charge is 2.42. The minimum absolute atomic E-state index is 0.0958. The lowest BCUT2D eigenvalue weighted by molar-refractivity contribution is -0.137. The summed E-state index contributed by atoms with van der Waals surface area (Å²) in [7, 11) is 0. The molecule has 1 aliphatic carbocycles. The van der Waals surface area contributed by atoms with E-state index in [1.54, 1.807) is 18.2 Å². The molecule has 1 unspecified atom stereocenters. The predicted octanol–water partition coefficient (Wildman–Crippen LogP) is 5.82. The second kappa shape index (κ2) is 8.05. The van der Waals surface area contributed by atoms with Gasteiger partial charge < -0.3 is 10.1 Å². The van der Waals surface area contributed by atoms with Crippen LogP contribution in [0.25, 0.3) is 11.1 Å². The van der Waals surface area contributed by atoms with Gasteiger partial charge in [0.2, 0.25) is 0 Å². The number of rotatable bonds is 3. The van der Waals surface area contributed by atoms with E-state index in [0.29, 0.717) is 11.5 Å². The molecule has 0 saturated carbocycles. The maximum Gasteiger partial charge on any atom is 0.417 e. The standard InChI is InChI=1S/C26H29F3N2O2/c1-25(2)14-18-8-7-17(19-5-3-4-6-21(19)26(27,28)29)13-20(18)23(25)30-24(32)33-22-15-31-11-9-16(22)10-12-31/h3-8,13,16,22-23H,9-12,14-15H2,1-2H3,(H,30,32)/t22-,23?/m0/s1. The van der Waals surface area contributed by atoms with Crippen LogP contribution in [0.5, 0.6) is 0 Å². The van der Waals surface area contributed by atoms with Crippen molar-refractivity contribution in [2.24, 2.45) is 11.3 Å². The molecule has 2 bridgehead atoms. The van der Waals surface area contributed by atoms with Crippen molar-refractivity contribution in [2.45, 2.75) is 51.4 Å². The van der Waals surface area contributed by atoms with E-state index in [4.69, 9.17) is 4.74 Å². The number of carbonyl (C=O) groups is 1. The number of benzene rings is 2. The smallest absolute Gasteiger partial charge is 0.417 e. The summed E-state index contributed by atoms with van der Waals surface area (Å²) in [6.45, 7) is 7.04. The van der Waals surface area contributed by atoms with Gasteiger partial charge >= 0.3 is 12.3 Å². The Kier molecular flexibility index (Phi) is 5.43. The molecular weight excluding hydrogens is 429 g/mol. The first-order valence-electron chi connectivity index (χ1n) is 11.6. The van der Waals surface area contributed by atoms with Crippen LogP contribution < -0.4 is 5.32 Å². The van der Waals surface area contributed by atoms with E-state index in [9.17, 15) is 18.0 Å². The third kappa shape index (κ3) is 4.23. The van der Waals surface area contributed by atoms with Crippen molar-refractivity contribution in [3.05, 3.63) is 59.2 Å². The number of nitrogens with one attached hydrogen (secondary N) is 1. The van der Waals surface area contributed by atoms with Crippen LogP contribution in [-0.4, -0.2) is 36.7 Å². The molecule has 3 heterocycles. The first-order valence-corrected chi connectivity index (χ1v) is 11.6. The van der Waals surface area contributed by atoms with Crippen LogP contribution in [0, 0.1) is 11.3 Å². The topological polar surface area (TPSA) is 41.6 Å². The summed E-state index contributed by atoms with van der Waals surface area (Å²) in [5.41, 5.74) is 1.61. The summed E-state index contributed by atoms with van der Waals surface area (Å²) >= 11 is 0. The predicted molar refractivity (Wildman–Crippen MR) is 120 cm³/mol. The highest BCUT2D eigenvalue weighted by molar-refractivity contribution is 5.72. The van der Waals surface area contributed by atoms with Crippen molar-refractivity contribution in [3.63, 3.8) is 0 Å². The number of hydrogen-bond donors (Lipinski definition) is 1. The van der Waals surface area contributed by atoms with Crippen molar-refractivity contribution in [1.29, 1.82) is 0 Å². The number of nitrogens with zero attached hydrogens (tertiary/aromatic N) is 1. The Morgan fingerprint density at radius 3 is 2.52 bits per heavy atom. The van der Waals surface area contributed by atoms with Gasteiger partial charge in [0.1, 0.15) is 6.10 Å². The molecule has 2 atom stereocenters. The zero-order valence-corrected chi connectivity index (χ0v) is 18.9. The molecule has 7 heteroatoms. The quantitative estimate of drug-likeness (QED) is 0.631. The Morgan fingerprint density at radius 1 is 1.12 bits per heavy atom. The lowest BCUT2D eigenvalue weighted by atomic mass is 9.85. The van der Waals surface area contributed by atoms with Gasteiger partial charge in [-0.05, 0) is 78.1 Å². The van der Waals surface area contributed by atoms with Crippen molar-refractivity contribution in [2.75, 3.05) is 19.6 Å². The van der Waals surface area contributed by atoms with Crippen LogP contribution >= 0.6 is 0 Å². The minimum Gasteiger partial charge on any atom is -0.445 e. The molecule has 1 N–H and O–H groups in total. The highest BCUT2D eigenvalue weighted by Crippen LogP contribution is 2.47. The monoisotopic (exact) mass is 458 g/mol. The van der Waals surface area contributed by atoms with E-state index in [1.807, 2.05) is 6.07 Å². The number of alkyl halides is 3. The molecule has 3 fully saturated rings. The number of hydrogen-bond acceptors (Lipinski definition) is 3. The molecule has 3 saturated heterocycles. The molecule has 0 spiro atoms. The van der Waals surface area contributed by atoms with Crippen LogP contribution in [0.2, 0.25) is 0 Å². The van der Waals surface area contributed by atoms with E-state index in [0.717, 1.165) is 56.1 Å². The second-order valence-corrected chi connectivity index (χ2v) is 10.3. The molecule has 2 aromatic rings. The zero-order chi connectivity index (χ0) is 23.4. The molecule has 4 aliphatic rings. The fraction of sp³-hybridized carbons (Fsp3) is 0.500. The van der Waals surface area contributed by atoms with Gasteiger partial charge in [0.25, 0.3) is 0 Å². The number of halogens is 3. The zero-order valence-electron chi connectivity index (χ0n) is 18.9. The molecule has 6 rings (SSSR count). The van der Waals surface area contributed by atoms with Crippen molar-refractivity contribution in [1.82, 2.24) is 10.2 Å². The first kappa shape index (κ1) is 22.3. The summed E-state index contributed by atoms with van der Waals surface area (Å²) in [5, 5.41) is 3.05. The Bertz CT molecular complexity index is 1060. The van der Waals surface area contributed by atoms with Gasteiger partial charge in [-0.3, -0.25) is 4.90 Å². The van der Waals surface area contributed by atoms with Crippen LogP contribution in [0.3, 0.4) is 0 Å². The Morgan fingerprint density at radius 2 is 1.85 bits per heavy atom. The normalized spacial score (nSPS) is 27.8. The lowest BCUT2D eigenvalue weighted by Gasteiger charge is -2.44. The highest BCUT2D eigenvalue weighted by atomic mass is 19.4. The van der Waals surface area contributed by atoms with Crippen LogP contribution in [0.4, 0.5) is 18.0 Å². The molecule has 0 aromatic heterocycles. The molecule has 0 radical (unpaired) electrons. The van der Waals surface area contributed by atoms with E-state index >= 15 is 0 Å². The maximum atomic E-state index is 13.6. The van der Waals surface area contributed by atoms with E-state index in [1.165, 1.54) is 12.1 Å². The van der Waals surface area contributed by atoms with E-state index in [2.05, 4.69) is 24.1 Å². The summed E-state index contributed by atoms with van der Waals surface area (Å²) in [4.78, 5) is 15.2. The van der Waals surface area contributed by atoms with Crippen LogP contribution in [0.1, 0.15) is 49.4 Å². The average molecular weight is 459 g/mol. The largest absolute Gasteiger partial charge is 0.445 e. The van der Waals surface area contributed by atoms with Crippen LogP contribution in [-0.2, 0) is 17.3 Å². The van der Waals surface area contributed by atoms with Gasteiger partial charge in [-0.15, -0.1) is 0 Å². The molecule has 176 valence electrons. The summed E-state index contributed by atoms with van der Waals surface area (Å²) in [6, 6.07) is 10.7. The van der Waals surface area contributed by atoms with Crippen molar-refractivity contribution < 1.29 is 22.7 Å². The first-order chi connectivity index (χ1) is 15.6. The van der Waals surface area contributed by atoms with E-state index in [-0.39, 0.29) is 23.1 Å². The fourth-order valence-electron chi connectivity index (χ4n) is 5.79. The third-order valence-corrected chi connectivity index (χ3v) is 7.54. The number of piperidine rings is 3. The number of ether oxygens (including phenoxy) is 1. The summed E-state index contributed by atoms with van der Waals surface area (Å²) < 4.78 is 46.6. The number of fused-ring (bicyclic) bond motifs is 4. The van der Waals surface area contributed by atoms with Gasteiger partial charge in [-0.25, -0.2) is 4.79 Å². The SMILES string of the molecule is CC1(C)Cc2ccc(-c3ccccc3C(F)(F)F)cc2C1NC(=O)O[C@H]1CN2CCC1CC2. The van der Waals surface area contributed by atoms with Gasteiger partial charge in [0.05, 0.1) is 11.6 Å². The van der Waals surface area contributed by atoms with Gasteiger partial charge in [-0.2, -0.15) is 13.2 Å². The molecule has 3 aliphatic heterocycles. The Balaban J connectivity index is 1.40. The Labute approximate surface area is 192 Å². The minimum atomic E-state index is -4.44. The van der Waals surface area contributed by atoms with Crippen LogP contribution in [0.15, 0.2) is 42.5 Å². The second-order valence-electron chi connectivity index (χ2n) is 10.3. The fourth-order valence-corrected chi connectivity index (χ4v) is 5.79. The summed E-state index contributed by atoms with van der Waals surface area (Å²) in [5.74, 6) is 0.412. The summed E-state index contributed by atoms with van der Waals surface area (Å²) in [6.07, 6.45) is -2.14. The van der Waals surface area contributed by atoms with E-state index < -0.39 is 17.8 Å². The molecule has 33 heavy (non-hydrogen) atoms. The molecule has 4 nitrogen and oxygen atoms in total. The average Bonchev–Trinajstić information content (AvgIpc) is 3.03. The van der Waals surface area contributed by atoms with Gasteiger partial charge in [-0.1, -0.05) is 44.2 Å². The van der Waals surface area contributed by atoms with Crippen molar-refractivity contribution >= 4 is 6.09 Å². The van der Waals surface area contributed by atoms with Gasteiger partial charge in [0, 0.05) is 6.54 Å². The lowest BCUT2D eigenvalue weighted by Crippen LogP contribution is -2.53. The van der Waals surface area contributed by atoms with Crippen molar-refractivity contribution in [3.8, 4) is 11.1 Å². The third-order valence-electron chi connectivity index (χ3n) is 7.54. The molecule has 2 aromatic carbocycles. The number of carbonyl (C=O) groups excluding carboxylic acids is 1.